The van der Waals surface area contributed by atoms with Crippen molar-refractivity contribution in [2.45, 2.75) is 12.8 Å². The van der Waals surface area contributed by atoms with Crippen molar-refractivity contribution in [2.24, 2.45) is 0 Å². The topological polar surface area (TPSA) is 64.6 Å². The van der Waals surface area contributed by atoms with E-state index in [2.05, 4.69) is 5.32 Å². The second-order valence-electron chi connectivity index (χ2n) is 5.38. The number of benzene rings is 2. The van der Waals surface area contributed by atoms with E-state index in [0.717, 1.165) is 16.9 Å². The summed E-state index contributed by atoms with van der Waals surface area (Å²) in [6, 6.07) is 14.5. The summed E-state index contributed by atoms with van der Waals surface area (Å²) in [4.78, 5) is 23.5. The summed E-state index contributed by atoms with van der Waals surface area (Å²) < 4.78 is 10.2. The van der Waals surface area contributed by atoms with Gasteiger partial charge in [0.05, 0.1) is 13.5 Å². The zero-order chi connectivity index (χ0) is 18.1. The predicted molar refractivity (Wildman–Crippen MR) is 95.8 cm³/mol. The molecule has 0 saturated heterocycles. The van der Waals surface area contributed by atoms with Gasteiger partial charge < -0.3 is 14.8 Å². The number of carbonyl (C=O) groups excluding carboxylic acids is 2. The minimum Gasteiger partial charge on any atom is -0.496 e. The van der Waals surface area contributed by atoms with Crippen LogP contribution in [0, 0.1) is 0 Å². The first kappa shape index (κ1) is 18.8. The maximum Gasteiger partial charge on any atom is 0.310 e. The van der Waals surface area contributed by atoms with E-state index in [4.69, 9.17) is 21.1 Å². The Morgan fingerprint density at radius 3 is 2.52 bits per heavy atom. The summed E-state index contributed by atoms with van der Waals surface area (Å²) in [6.07, 6.45) is 0.736. The van der Waals surface area contributed by atoms with Crippen LogP contribution in [0.1, 0.15) is 11.1 Å². The molecule has 0 unspecified atom stereocenters. The fourth-order valence-corrected chi connectivity index (χ4v) is 2.39. The first-order chi connectivity index (χ1) is 12.1. The van der Waals surface area contributed by atoms with Crippen LogP contribution in [-0.4, -0.2) is 32.1 Å². The molecule has 0 radical (unpaired) electrons. The van der Waals surface area contributed by atoms with E-state index in [1.807, 2.05) is 24.3 Å². The summed E-state index contributed by atoms with van der Waals surface area (Å²) in [5.74, 6) is -0.00676. The largest absolute Gasteiger partial charge is 0.496 e. The van der Waals surface area contributed by atoms with Gasteiger partial charge >= 0.3 is 5.97 Å². The number of hydrogen-bond acceptors (Lipinski definition) is 4. The fraction of sp³-hybridized carbons (Fsp3) is 0.263. The molecule has 5 nitrogen and oxygen atoms in total. The van der Waals surface area contributed by atoms with E-state index in [1.165, 1.54) is 0 Å². The van der Waals surface area contributed by atoms with Gasteiger partial charge in [-0.1, -0.05) is 41.9 Å². The first-order valence-corrected chi connectivity index (χ1v) is 8.25. The number of methoxy groups -OCH3 is 1. The van der Waals surface area contributed by atoms with Crippen molar-refractivity contribution in [1.29, 1.82) is 0 Å². The Kier molecular flexibility index (Phi) is 7.29. The molecule has 0 heterocycles. The average Bonchev–Trinajstić information content (AvgIpc) is 2.62. The van der Waals surface area contributed by atoms with Gasteiger partial charge in [-0.15, -0.1) is 0 Å². The number of hydrogen-bond donors (Lipinski definition) is 1. The third-order valence-corrected chi connectivity index (χ3v) is 3.79. The maximum absolute atomic E-state index is 11.8. The number of esters is 1. The molecule has 2 rings (SSSR count). The molecule has 2 aromatic rings. The molecule has 132 valence electrons. The molecule has 0 aromatic heterocycles. The van der Waals surface area contributed by atoms with Gasteiger partial charge in [0.2, 0.25) is 0 Å². The van der Waals surface area contributed by atoms with Gasteiger partial charge in [-0.2, -0.15) is 0 Å². The molecule has 0 aliphatic heterocycles. The molecule has 25 heavy (non-hydrogen) atoms. The molecule has 0 bridgehead atoms. The Morgan fingerprint density at radius 1 is 1.08 bits per heavy atom. The molecule has 1 amide bonds. The number of amides is 1. The lowest BCUT2D eigenvalue weighted by atomic mass is 10.1. The smallest absolute Gasteiger partial charge is 0.310 e. The number of para-hydroxylation sites is 1. The summed E-state index contributed by atoms with van der Waals surface area (Å²) >= 11 is 5.79. The van der Waals surface area contributed by atoms with Crippen molar-refractivity contribution in [3.05, 3.63) is 64.7 Å². The second-order valence-corrected chi connectivity index (χ2v) is 5.81. The van der Waals surface area contributed by atoms with E-state index in [9.17, 15) is 9.59 Å². The molecular weight excluding hydrogens is 342 g/mol. The minimum absolute atomic E-state index is 0.103. The molecule has 0 spiro atoms. The number of halogens is 1. The van der Waals surface area contributed by atoms with Gasteiger partial charge in [-0.3, -0.25) is 9.59 Å². The maximum atomic E-state index is 11.8. The van der Waals surface area contributed by atoms with Gasteiger partial charge in [0, 0.05) is 11.6 Å². The molecule has 0 atom stereocenters. The Bertz CT molecular complexity index is 716. The van der Waals surface area contributed by atoms with Crippen LogP contribution < -0.4 is 10.1 Å². The monoisotopic (exact) mass is 361 g/mol. The zero-order valence-electron chi connectivity index (χ0n) is 14.0. The number of carbonyl (C=O) groups is 2. The fourth-order valence-electron chi connectivity index (χ4n) is 2.26. The van der Waals surface area contributed by atoms with Crippen LogP contribution in [-0.2, 0) is 27.2 Å². The predicted octanol–water partition coefficient (Wildman–Crippen LogP) is 2.79. The van der Waals surface area contributed by atoms with Crippen LogP contribution in [0.3, 0.4) is 0 Å². The van der Waals surface area contributed by atoms with Crippen LogP contribution >= 0.6 is 11.6 Å². The highest BCUT2D eigenvalue weighted by molar-refractivity contribution is 6.30. The van der Waals surface area contributed by atoms with Crippen molar-refractivity contribution < 1.29 is 19.1 Å². The zero-order valence-corrected chi connectivity index (χ0v) is 14.7. The third kappa shape index (κ3) is 6.47. The Morgan fingerprint density at radius 2 is 1.80 bits per heavy atom. The Labute approximate surface area is 151 Å². The highest BCUT2D eigenvalue weighted by Gasteiger charge is 2.09. The molecule has 0 aliphatic rings. The van der Waals surface area contributed by atoms with Crippen molar-refractivity contribution >= 4 is 23.5 Å². The van der Waals surface area contributed by atoms with Crippen molar-refractivity contribution in [3.63, 3.8) is 0 Å². The van der Waals surface area contributed by atoms with Gasteiger partial charge in [-0.25, -0.2) is 0 Å². The van der Waals surface area contributed by atoms with Crippen LogP contribution in [0.4, 0.5) is 0 Å². The highest BCUT2D eigenvalue weighted by atomic mass is 35.5. The average molecular weight is 362 g/mol. The van der Waals surface area contributed by atoms with E-state index >= 15 is 0 Å². The normalized spacial score (nSPS) is 10.2. The summed E-state index contributed by atoms with van der Waals surface area (Å²) in [5.41, 5.74) is 1.79. The van der Waals surface area contributed by atoms with E-state index in [0.29, 0.717) is 18.0 Å². The van der Waals surface area contributed by atoms with E-state index in [-0.39, 0.29) is 18.9 Å². The van der Waals surface area contributed by atoms with Gasteiger partial charge in [0.25, 0.3) is 5.91 Å². The Balaban J connectivity index is 1.68. The standard InChI is InChI=1S/C19H20ClNO4/c1-24-17-5-3-2-4-15(17)10-11-21-18(22)13-25-19(23)12-14-6-8-16(20)9-7-14/h2-9H,10-13H2,1H3,(H,21,22). The molecule has 1 N–H and O–H groups in total. The number of ether oxygens (including phenoxy) is 2. The second kappa shape index (κ2) is 9.69. The van der Waals surface area contributed by atoms with Crippen LogP contribution in [0.2, 0.25) is 5.02 Å². The van der Waals surface area contributed by atoms with Gasteiger partial charge in [-0.05, 0) is 35.7 Å². The summed E-state index contributed by atoms with van der Waals surface area (Å²) in [5, 5.41) is 3.32. The highest BCUT2D eigenvalue weighted by Crippen LogP contribution is 2.17. The number of nitrogens with one attached hydrogen (secondary N) is 1. The van der Waals surface area contributed by atoms with Crippen molar-refractivity contribution in [2.75, 3.05) is 20.3 Å². The summed E-state index contributed by atoms with van der Waals surface area (Å²) in [6.45, 7) is 0.145. The molecular formula is C19H20ClNO4. The lowest BCUT2D eigenvalue weighted by molar-refractivity contribution is -0.147. The van der Waals surface area contributed by atoms with Gasteiger partial charge in [0.1, 0.15) is 5.75 Å². The Hall–Kier alpha value is -2.53. The first-order valence-electron chi connectivity index (χ1n) is 7.87. The summed E-state index contributed by atoms with van der Waals surface area (Å²) in [7, 11) is 1.61. The number of rotatable bonds is 8. The molecule has 6 heteroatoms. The van der Waals surface area contributed by atoms with Crippen LogP contribution in [0.5, 0.6) is 5.75 Å². The molecule has 0 saturated carbocycles. The van der Waals surface area contributed by atoms with E-state index < -0.39 is 5.97 Å². The van der Waals surface area contributed by atoms with Crippen LogP contribution in [0.25, 0.3) is 0 Å². The van der Waals surface area contributed by atoms with Crippen molar-refractivity contribution in [3.8, 4) is 5.75 Å². The quantitative estimate of drug-likeness (QED) is 0.734. The van der Waals surface area contributed by atoms with Crippen LogP contribution in [0.15, 0.2) is 48.5 Å². The SMILES string of the molecule is COc1ccccc1CCNC(=O)COC(=O)Cc1ccc(Cl)cc1. The third-order valence-electron chi connectivity index (χ3n) is 3.53. The van der Waals surface area contributed by atoms with Gasteiger partial charge in [0.15, 0.2) is 6.61 Å². The lowest BCUT2D eigenvalue weighted by Crippen LogP contribution is -2.30. The minimum atomic E-state index is -0.456. The molecule has 0 fully saturated rings. The molecule has 2 aromatic carbocycles. The lowest BCUT2D eigenvalue weighted by Gasteiger charge is -2.09. The van der Waals surface area contributed by atoms with E-state index in [1.54, 1.807) is 31.4 Å². The molecule has 0 aliphatic carbocycles. The van der Waals surface area contributed by atoms with Crippen molar-refractivity contribution in [1.82, 2.24) is 5.32 Å².